The Balaban J connectivity index is 2.32. The molecular formula is C6H8O3S. The van der Waals surface area contributed by atoms with Crippen LogP contribution in [0.15, 0.2) is 0 Å². The van der Waals surface area contributed by atoms with Crippen molar-refractivity contribution >= 4 is 15.6 Å². The SMILES string of the molecule is O=C1CCS(=O)(=O)C2CC12. The molecule has 0 aromatic rings. The number of sulfone groups is 1. The van der Waals surface area contributed by atoms with Gasteiger partial charge in [-0.05, 0) is 6.42 Å². The summed E-state index contributed by atoms with van der Waals surface area (Å²) >= 11 is 0. The molecule has 2 rings (SSSR count). The molecule has 0 amide bonds. The van der Waals surface area contributed by atoms with E-state index in [1.807, 2.05) is 0 Å². The van der Waals surface area contributed by atoms with Gasteiger partial charge in [0.15, 0.2) is 9.84 Å². The van der Waals surface area contributed by atoms with Crippen LogP contribution in [0.2, 0.25) is 0 Å². The van der Waals surface area contributed by atoms with Gasteiger partial charge < -0.3 is 0 Å². The number of carbonyl (C=O) groups excluding carboxylic acids is 1. The fourth-order valence-electron chi connectivity index (χ4n) is 1.49. The van der Waals surface area contributed by atoms with E-state index in [1.165, 1.54) is 0 Å². The minimum absolute atomic E-state index is 0.0903. The summed E-state index contributed by atoms with van der Waals surface area (Å²) in [6.45, 7) is 0. The molecule has 2 atom stereocenters. The first-order chi connectivity index (χ1) is 4.61. The van der Waals surface area contributed by atoms with Crippen LogP contribution in [0.4, 0.5) is 0 Å². The summed E-state index contributed by atoms with van der Waals surface area (Å²) in [5, 5.41) is -0.284. The van der Waals surface area contributed by atoms with E-state index in [-0.39, 0.29) is 29.1 Å². The molecule has 0 aromatic carbocycles. The zero-order valence-electron chi connectivity index (χ0n) is 5.41. The molecule has 1 aliphatic heterocycles. The van der Waals surface area contributed by atoms with Gasteiger partial charge in [0.05, 0.1) is 11.0 Å². The molecule has 0 aromatic heterocycles. The van der Waals surface area contributed by atoms with E-state index < -0.39 is 9.84 Å². The lowest BCUT2D eigenvalue weighted by molar-refractivity contribution is -0.120. The van der Waals surface area contributed by atoms with E-state index in [0.29, 0.717) is 6.42 Å². The van der Waals surface area contributed by atoms with E-state index in [0.717, 1.165) is 0 Å². The minimum Gasteiger partial charge on any atom is -0.299 e. The van der Waals surface area contributed by atoms with Gasteiger partial charge in [0.2, 0.25) is 0 Å². The van der Waals surface area contributed by atoms with Crippen LogP contribution < -0.4 is 0 Å². The summed E-state index contributed by atoms with van der Waals surface area (Å²) < 4.78 is 22.0. The Morgan fingerprint density at radius 1 is 1.40 bits per heavy atom. The molecule has 2 fully saturated rings. The number of Topliss-reactive ketones (excluding diaryl/α,β-unsaturated/α-hetero) is 1. The van der Waals surface area contributed by atoms with E-state index in [4.69, 9.17) is 0 Å². The van der Waals surface area contributed by atoms with E-state index in [9.17, 15) is 13.2 Å². The molecule has 10 heavy (non-hydrogen) atoms. The number of rotatable bonds is 0. The average Bonchev–Trinajstić information content (AvgIpc) is 2.58. The van der Waals surface area contributed by atoms with Crippen molar-refractivity contribution in [1.82, 2.24) is 0 Å². The predicted octanol–water partition coefficient (Wildman–Crippen LogP) is -0.237. The number of ketones is 1. The van der Waals surface area contributed by atoms with Crippen molar-refractivity contribution in [3.8, 4) is 0 Å². The lowest BCUT2D eigenvalue weighted by Gasteiger charge is -2.07. The highest BCUT2D eigenvalue weighted by atomic mass is 32.2. The largest absolute Gasteiger partial charge is 0.299 e. The first kappa shape index (κ1) is 6.34. The summed E-state index contributed by atoms with van der Waals surface area (Å²) in [5.74, 6) is 0.131. The standard InChI is InChI=1S/C6H8O3S/c7-5-1-2-10(8,9)6-3-4(5)6/h4,6H,1-3H2. The van der Waals surface area contributed by atoms with Crippen LogP contribution in [0.1, 0.15) is 12.8 Å². The second-order valence-corrected chi connectivity index (χ2v) is 5.30. The highest BCUT2D eigenvalue weighted by Crippen LogP contribution is 2.42. The van der Waals surface area contributed by atoms with Crippen molar-refractivity contribution in [2.75, 3.05) is 5.75 Å². The minimum atomic E-state index is -2.84. The van der Waals surface area contributed by atoms with Gasteiger partial charge in [-0.15, -0.1) is 0 Å². The first-order valence-corrected chi connectivity index (χ1v) is 5.07. The fraction of sp³-hybridized carbons (Fsp3) is 0.833. The normalized spacial score (nSPS) is 42.6. The van der Waals surface area contributed by atoms with Gasteiger partial charge in [-0.25, -0.2) is 8.42 Å². The second kappa shape index (κ2) is 1.61. The zero-order chi connectivity index (χ0) is 7.35. The Morgan fingerprint density at radius 3 is 2.70 bits per heavy atom. The van der Waals surface area contributed by atoms with Crippen LogP contribution in [-0.4, -0.2) is 25.2 Å². The Bertz CT molecular complexity index is 277. The lowest BCUT2D eigenvalue weighted by atomic mass is 10.2. The van der Waals surface area contributed by atoms with Crippen LogP contribution in [0.3, 0.4) is 0 Å². The van der Waals surface area contributed by atoms with Crippen LogP contribution in [0, 0.1) is 5.92 Å². The average molecular weight is 160 g/mol. The maximum absolute atomic E-state index is 11.0. The molecule has 1 heterocycles. The number of hydrogen-bond acceptors (Lipinski definition) is 3. The maximum atomic E-state index is 11.0. The summed E-state index contributed by atoms with van der Waals surface area (Å²) in [6.07, 6.45) is 0.852. The third kappa shape index (κ3) is 0.714. The van der Waals surface area contributed by atoms with Crippen LogP contribution in [0.25, 0.3) is 0 Å². The topological polar surface area (TPSA) is 51.2 Å². The van der Waals surface area contributed by atoms with Crippen LogP contribution in [0.5, 0.6) is 0 Å². The summed E-state index contributed by atoms with van der Waals surface area (Å²) in [5.41, 5.74) is 0. The zero-order valence-corrected chi connectivity index (χ0v) is 6.23. The number of fused-ring (bicyclic) bond motifs is 1. The van der Waals surface area contributed by atoms with E-state index in [2.05, 4.69) is 0 Å². The second-order valence-electron chi connectivity index (χ2n) is 2.96. The summed E-state index contributed by atoms with van der Waals surface area (Å²) in [6, 6.07) is 0. The summed E-state index contributed by atoms with van der Waals surface area (Å²) in [7, 11) is -2.84. The smallest absolute Gasteiger partial charge is 0.154 e. The van der Waals surface area contributed by atoms with Crippen LogP contribution in [-0.2, 0) is 14.6 Å². The Kier molecular flexibility index (Phi) is 1.02. The van der Waals surface area contributed by atoms with E-state index in [1.54, 1.807) is 0 Å². The van der Waals surface area contributed by atoms with Crippen molar-refractivity contribution in [3.63, 3.8) is 0 Å². The Morgan fingerprint density at radius 2 is 2.10 bits per heavy atom. The molecule has 1 aliphatic carbocycles. The molecule has 0 bridgehead atoms. The maximum Gasteiger partial charge on any atom is 0.154 e. The quantitative estimate of drug-likeness (QED) is 0.491. The van der Waals surface area contributed by atoms with Gasteiger partial charge in [0.25, 0.3) is 0 Å². The molecule has 2 unspecified atom stereocenters. The third-order valence-corrected chi connectivity index (χ3v) is 4.46. The first-order valence-electron chi connectivity index (χ1n) is 3.35. The van der Waals surface area contributed by atoms with Gasteiger partial charge in [0.1, 0.15) is 5.78 Å². The molecule has 56 valence electrons. The van der Waals surface area contributed by atoms with Crippen molar-refractivity contribution < 1.29 is 13.2 Å². The van der Waals surface area contributed by atoms with Crippen molar-refractivity contribution in [1.29, 1.82) is 0 Å². The van der Waals surface area contributed by atoms with Gasteiger partial charge in [-0.2, -0.15) is 0 Å². The molecule has 0 N–H and O–H groups in total. The highest BCUT2D eigenvalue weighted by molar-refractivity contribution is 7.92. The molecule has 1 saturated carbocycles. The van der Waals surface area contributed by atoms with Gasteiger partial charge in [-0.3, -0.25) is 4.79 Å². The van der Waals surface area contributed by atoms with Crippen molar-refractivity contribution in [3.05, 3.63) is 0 Å². The van der Waals surface area contributed by atoms with Gasteiger partial charge >= 0.3 is 0 Å². The number of carbonyl (C=O) groups is 1. The summed E-state index contributed by atoms with van der Waals surface area (Å²) in [4.78, 5) is 10.9. The predicted molar refractivity (Wildman–Crippen MR) is 35.3 cm³/mol. The lowest BCUT2D eigenvalue weighted by Crippen LogP contribution is -2.24. The van der Waals surface area contributed by atoms with E-state index >= 15 is 0 Å². The third-order valence-electron chi connectivity index (χ3n) is 2.24. The molecule has 4 heteroatoms. The molecule has 1 saturated heterocycles. The van der Waals surface area contributed by atoms with Gasteiger partial charge in [-0.1, -0.05) is 0 Å². The molecule has 3 nitrogen and oxygen atoms in total. The molecule has 0 radical (unpaired) electrons. The molecule has 0 spiro atoms. The van der Waals surface area contributed by atoms with Crippen LogP contribution >= 0.6 is 0 Å². The Labute approximate surface area is 59.3 Å². The fourth-order valence-corrected chi connectivity index (χ4v) is 3.43. The number of hydrogen-bond donors (Lipinski definition) is 0. The van der Waals surface area contributed by atoms with Crippen molar-refractivity contribution in [2.45, 2.75) is 18.1 Å². The van der Waals surface area contributed by atoms with Crippen molar-refractivity contribution in [2.24, 2.45) is 5.92 Å². The molecular weight excluding hydrogens is 152 g/mol. The highest BCUT2D eigenvalue weighted by Gasteiger charge is 2.54. The van der Waals surface area contributed by atoms with Gasteiger partial charge in [0, 0.05) is 12.3 Å². The Hall–Kier alpha value is -0.380. The molecule has 2 aliphatic rings. The monoisotopic (exact) mass is 160 g/mol.